The third-order valence-corrected chi connectivity index (χ3v) is 3.19. The Morgan fingerprint density at radius 2 is 2.43 bits per heavy atom. The summed E-state index contributed by atoms with van der Waals surface area (Å²) in [5.74, 6) is 2.31. The number of ether oxygens (including phenoxy) is 2. The van der Waals surface area contributed by atoms with Crippen molar-refractivity contribution in [2.75, 3.05) is 19.5 Å². The number of fused-ring (bicyclic) bond motifs is 1. The van der Waals surface area contributed by atoms with E-state index >= 15 is 0 Å². The van der Waals surface area contributed by atoms with Gasteiger partial charge in [0, 0.05) is 5.75 Å². The second kappa shape index (κ2) is 4.11. The Labute approximate surface area is 87.0 Å². The molecule has 1 N–H and O–H groups in total. The van der Waals surface area contributed by atoms with Gasteiger partial charge in [-0.1, -0.05) is 0 Å². The second-order valence-electron chi connectivity index (χ2n) is 3.09. The number of methoxy groups -OCH3 is 1. The lowest BCUT2D eigenvalue weighted by Crippen LogP contribution is -2.17. The second-order valence-corrected chi connectivity index (χ2v) is 4.15. The molecule has 0 fully saturated rings. The Balaban J connectivity index is 2.27. The van der Waals surface area contributed by atoms with Crippen LogP contribution in [-0.2, 0) is 0 Å². The van der Waals surface area contributed by atoms with E-state index in [1.165, 1.54) is 0 Å². The van der Waals surface area contributed by atoms with Gasteiger partial charge in [-0.3, -0.25) is 0 Å². The first-order chi connectivity index (χ1) is 6.79. The molecule has 0 saturated heterocycles. The molecule has 0 spiro atoms. The van der Waals surface area contributed by atoms with Crippen molar-refractivity contribution in [3.63, 3.8) is 0 Å². The topological polar surface area (TPSA) is 38.7 Å². The van der Waals surface area contributed by atoms with Crippen molar-refractivity contribution in [2.24, 2.45) is 0 Å². The van der Waals surface area contributed by atoms with Crippen LogP contribution in [0.1, 0.15) is 0 Å². The van der Waals surface area contributed by atoms with Crippen molar-refractivity contribution in [3.8, 4) is 11.5 Å². The molecule has 1 aliphatic heterocycles. The summed E-state index contributed by atoms with van der Waals surface area (Å²) < 4.78 is 10.6. The fraction of sp³-hybridized carbons (Fsp3) is 0.400. The first-order valence-electron chi connectivity index (χ1n) is 4.41. The molecule has 3 nitrogen and oxygen atoms in total. The molecule has 0 radical (unpaired) electrons. The summed E-state index contributed by atoms with van der Waals surface area (Å²) in [4.78, 5) is 1.03. The monoisotopic (exact) mass is 212 g/mol. The van der Waals surface area contributed by atoms with E-state index in [-0.39, 0.29) is 0 Å². The maximum absolute atomic E-state index is 9.41. The van der Waals surface area contributed by atoms with Crippen LogP contribution >= 0.6 is 11.8 Å². The predicted molar refractivity (Wildman–Crippen MR) is 55.2 cm³/mol. The Bertz CT molecular complexity index is 327. The number of hydrogen-bond donors (Lipinski definition) is 1. The van der Waals surface area contributed by atoms with Gasteiger partial charge in [-0.25, -0.2) is 0 Å². The van der Waals surface area contributed by atoms with Gasteiger partial charge in [-0.15, -0.1) is 11.8 Å². The zero-order valence-corrected chi connectivity index (χ0v) is 8.71. The van der Waals surface area contributed by atoms with Gasteiger partial charge in [0.2, 0.25) is 0 Å². The smallest absolute Gasteiger partial charge is 0.133 e. The van der Waals surface area contributed by atoms with E-state index in [0.717, 1.165) is 16.4 Å². The SMILES string of the molecule is COc1ccc2c(c1)SCC(O)CO2. The van der Waals surface area contributed by atoms with E-state index in [9.17, 15) is 5.11 Å². The van der Waals surface area contributed by atoms with Crippen LogP contribution in [0.15, 0.2) is 23.1 Å². The van der Waals surface area contributed by atoms with Crippen LogP contribution in [0.5, 0.6) is 11.5 Å². The van der Waals surface area contributed by atoms with E-state index in [1.54, 1.807) is 18.9 Å². The normalized spacial score (nSPS) is 20.6. The van der Waals surface area contributed by atoms with E-state index in [4.69, 9.17) is 9.47 Å². The Morgan fingerprint density at radius 1 is 1.57 bits per heavy atom. The molecular weight excluding hydrogens is 200 g/mol. The standard InChI is InChI=1S/C10H12O3S/c1-12-8-2-3-9-10(4-8)14-6-7(11)5-13-9/h2-4,7,11H,5-6H2,1H3. The molecule has 0 aliphatic carbocycles. The summed E-state index contributed by atoms with van der Waals surface area (Å²) in [6, 6.07) is 5.66. The molecule has 0 aromatic heterocycles. The number of thioether (sulfide) groups is 1. The molecule has 0 saturated carbocycles. The van der Waals surface area contributed by atoms with Gasteiger partial charge in [0.1, 0.15) is 18.1 Å². The minimum atomic E-state index is -0.390. The van der Waals surface area contributed by atoms with Crippen molar-refractivity contribution in [1.29, 1.82) is 0 Å². The average Bonchev–Trinajstić information content (AvgIpc) is 2.40. The zero-order chi connectivity index (χ0) is 9.97. The predicted octanol–water partition coefficient (Wildman–Crippen LogP) is 1.54. The van der Waals surface area contributed by atoms with E-state index < -0.39 is 6.10 Å². The summed E-state index contributed by atoms with van der Waals surface area (Å²) >= 11 is 1.59. The molecule has 14 heavy (non-hydrogen) atoms. The lowest BCUT2D eigenvalue weighted by molar-refractivity contribution is 0.127. The van der Waals surface area contributed by atoms with Crippen LogP contribution in [-0.4, -0.2) is 30.7 Å². The van der Waals surface area contributed by atoms with Crippen molar-refractivity contribution in [3.05, 3.63) is 18.2 Å². The summed E-state index contributed by atoms with van der Waals surface area (Å²) in [6.45, 7) is 0.367. The molecule has 76 valence electrons. The molecule has 0 bridgehead atoms. The van der Waals surface area contributed by atoms with Gasteiger partial charge in [0.15, 0.2) is 0 Å². The van der Waals surface area contributed by atoms with Gasteiger partial charge in [0.25, 0.3) is 0 Å². The van der Waals surface area contributed by atoms with Crippen LogP contribution in [0.2, 0.25) is 0 Å². The van der Waals surface area contributed by atoms with Crippen molar-refractivity contribution < 1.29 is 14.6 Å². The highest BCUT2D eigenvalue weighted by molar-refractivity contribution is 7.99. The number of aliphatic hydroxyl groups excluding tert-OH is 1. The fourth-order valence-electron chi connectivity index (χ4n) is 1.27. The maximum Gasteiger partial charge on any atom is 0.133 e. The highest BCUT2D eigenvalue weighted by Gasteiger charge is 2.15. The van der Waals surface area contributed by atoms with Crippen LogP contribution in [0.3, 0.4) is 0 Å². The summed E-state index contributed by atoms with van der Waals surface area (Å²) in [5, 5.41) is 9.41. The van der Waals surface area contributed by atoms with Crippen molar-refractivity contribution in [2.45, 2.75) is 11.0 Å². The third kappa shape index (κ3) is 1.96. The number of aliphatic hydroxyl groups is 1. The van der Waals surface area contributed by atoms with Crippen molar-refractivity contribution in [1.82, 2.24) is 0 Å². The number of rotatable bonds is 1. The third-order valence-electron chi connectivity index (χ3n) is 2.01. The lowest BCUT2D eigenvalue weighted by Gasteiger charge is -2.07. The van der Waals surface area contributed by atoms with Gasteiger partial charge in [-0.2, -0.15) is 0 Å². The summed E-state index contributed by atoms with van der Waals surface area (Å²) in [5.41, 5.74) is 0. The minimum Gasteiger partial charge on any atom is -0.497 e. The Morgan fingerprint density at radius 3 is 3.21 bits per heavy atom. The molecule has 1 aromatic rings. The number of hydrogen-bond acceptors (Lipinski definition) is 4. The van der Waals surface area contributed by atoms with Crippen LogP contribution in [0, 0.1) is 0 Å². The molecule has 1 aliphatic rings. The fourth-order valence-corrected chi connectivity index (χ4v) is 2.20. The Kier molecular flexibility index (Phi) is 2.84. The lowest BCUT2D eigenvalue weighted by atomic mass is 10.3. The van der Waals surface area contributed by atoms with Crippen molar-refractivity contribution >= 4 is 11.8 Å². The number of benzene rings is 1. The first kappa shape index (κ1) is 9.68. The molecule has 0 amide bonds. The molecule has 1 heterocycles. The minimum absolute atomic E-state index is 0.367. The highest BCUT2D eigenvalue weighted by atomic mass is 32.2. The summed E-state index contributed by atoms with van der Waals surface area (Å²) in [6.07, 6.45) is -0.390. The van der Waals surface area contributed by atoms with Crippen LogP contribution < -0.4 is 9.47 Å². The van der Waals surface area contributed by atoms with Gasteiger partial charge in [0.05, 0.1) is 18.1 Å². The van der Waals surface area contributed by atoms with Crippen LogP contribution in [0.25, 0.3) is 0 Å². The van der Waals surface area contributed by atoms with Gasteiger partial charge in [-0.05, 0) is 18.2 Å². The molecule has 4 heteroatoms. The quantitative estimate of drug-likeness (QED) is 0.766. The largest absolute Gasteiger partial charge is 0.497 e. The van der Waals surface area contributed by atoms with E-state index in [0.29, 0.717) is 12.4 Å². The maximum atomic E-state index is 9.41. The molecule has 1 atom stereocenters. The zero-order valence-electron chi connectivity index (χ0n) is 7.90. The van der Waals surface area contributed by atoms with E-state index in [1.807, 2.05) is 18.2 Å². The van der Waals surface area contributed by atoms with E-state index in [2.05, 4.69) is 0 Å². The van der Waals surface area contributed by atoms with Gasteiger partial charge < -0.3 is 14.6 Å². The molecule has 1 unspecified atom stereocenters. The summed E-state index contributed by atoms with van der Waals surface area (Å²) in [7, 11) is 1.64. The molecular formula is C10H12O3S. The van der Waals surface area contributed by atoms with Gasteiger partial charge >= 0.3 is 0 Å². The highest BCUT2D eigenvalue weighted by Crippen LogP contribution is 2.35. The molecule has 2 rings (SSSR count). The first-order valence-corrected chi connectivity index (χ1v) is 5.40. The average molecular weight is 212 g/mol. The Hall–Kier alpha value is -0.870. The molecule has 1 aromatic carbocycles. The van der Waals surface area contributed by atoms with Crippen LogP contribution in [0.4, 0.5) is 0 Å².